The van der Waals surface area contributed by atoms with Crippen LogP contribution in [-0.2, 0) is 11.3 Å². The second-order valence-corrected chi connectivity index (χ2v) is 6.06. The number of ether oxygens (including phenoxy) is 1. The van der Waals surface area contributed by atoms with Crippen molar-refractivity contribution in [3.05, 3.63) is 18.2 Å². The Morgan fingerprint density at radius 2 is 2.32 bits per heavy atom. The molecule has 106 valence electrons. The maximum absolute atomic E-state index is 5.86. The van der Waals surface area contributed by atoms with Gasteiger partial charge in [0.25, 0.3) is 0 Å². The van der Waals surface area contributed by atoms with Crippen LogP contribution in [-0.4, -0.2) is 29.2 Å². The topological polar surface area (TPSA) is 39.1 Å². The summed E-state index contributed by atoms with van der Waals surface area (Å²) in [7, 11) is 0. The first-order valence-corrected chi connectivity index (χ1v) is 7.67. The van der Waals surface area contributed by atoms with Crippen molar-refractivity contribution in [1.29, 1.82) is 0 Å². The highest BCUT2D eigenvalue weighted by Gasteiger charge is 2.24. The van der Waals surface area contributed by atoms with Crippen LogP contribution in [0.25, 0.3) is 0 Å². The fraction of sp³-hybridized carbons (Fsp3) is 0.800. The largest absolute Gasteiger partial charge is 0.369 e. The van der Waals surface area contributed by atoms with E-state index < -0.39 is 0 Å². The zero-order valence-electron chi connectivity index (χ0n) is 11.8. The molecular formula is C15H25N3O. The van der Waals surface area contributed by atoms with Gasteiger partial charge in [-0.25, -0.2) is 4.98 Å². The molecule has 0 aromatic carbocycles. The maximum Gasteiger partial charge on any atom is 0.111 e. The molecule has 2 fully saturated rings. The summed E-state index contributed by atoms with van der Waals surface area (Å²) in [5, 5.41) is 3.40. The Labute approximate surface area is 115 Å². The van der Waals surface area contributed by atoms with Gasteiger partial charge in [-0.1, -0.05) is 26.2 Å². The third kappa shape index (κ3) is 3.00. The summed E-state index contributed by atoms with van der Waals surface area (Å²) in [5.74, 6) is 1.65. The molecule has 0 spiro atoms. The number of aromatic nitrogens is 2. The predicted octanol–water partition coefficient (Wildman–Crippen LogP) is 2.37. The van der Waals surface area contributed by atoms with Crippen LogP contribution in [0.5, 0.6) is 0 Å². The minimum Gasteiger partial charge on any atom is -0.369 e. The van der Waals surface area contributed by atoms with Crippen molar-refractivity contribution in [2.45, 2.75) is 45.3 Å². The lowest BCUT2D eigenvalue weighted by Gasteiger charge is -2.31. The number of hydrogen-bond donors (Lipinski definition) is 1. The quantitative estimate of drug-likeness (QED) is 0.910. The van der Waals surface area contributed by atoms with Crippen LogP contribution in [0.1, 0.15) is 44.4 Å². The second-order valence-electron chi connectivity index (χ2n) is 6.06. The standard InChI is InChI=1S/C15H25N3O/c1-12-4-2-3-5-13(12)10-18-11-17-8-14(18)15-9-16-6-7-19-15/h8,11-13,15-16H,2-7,9-10H2,1H3. The average Bonchev–Trinajstić information content (AvgIpc) is 2.91. The van der Waals surface area contributed by atoms with Gasteiger partial charge in [-0.15, -0.1) is 0 Å². The van der Waals surface area contributed by atoms with Crippen molar-refractivity contribution in [3.63, 3.8) is 0 Å². The predicted molar refractivity (Wildman–Crippen MR) is 74.9 cm³/mol. The van der Waals surface area contributed by atoms with E-state index in [1.54, 1.807) is 0 Å². The molecule has 1 saturated heterocycles. The van der Waals surface area contributed by atoms with Gasteiger partial charge < -0.3 is 14.6 Å². The molecule has 1 N–H and O–H groups in total. The molecule has 0 bridgehead atoms. The van der Waals surface area contributed by atoms with Gasteiger partial charge in [0.05, 0.1) is 24.8 Å². The highest BCUT2D eigenvalue weighted by Crippen LogP contribution is 2.31. The molecule has 1 aromatic rings. The van der Waals surface area contributed by atoms with Gasteiger partial charge in [-0.2, -0.15) is 0 Å². The van der Waals surface area contributed by atoms with E-state index in [0.717, 1.165) is 38.1 Å². The Bertz CT molecular complexity index is 398. The number of nitrogens with zero attached hydrogens (tertiary/aromatic N) is 2. The van der Waals surface area contributed by atoms with Crippen molar-refractivity contribution in [3.8, 4) is 0 Å². The minimum atomic E-state index is 0.176. The molecular weight excluding hydrogens is 238 g/mol. The van der Waals surface area contributed by atoms with Crippen molar-refractivity contribution in [2.24, 2.45) is 11.8 Å². The summed E-state index contributed by atoms with van der Waals surface area (Å²) in [4.78, 5) is 4.34. The number of hydrogen-bond acceptors (Lipinski definition) is 3. The summed E-state index contributed by atoms with van der Waals surface area (Å²) in [6, 6.07) is 0. The summed E-state index contributed by atoms with van der Waals surface area (Å²) < 4.78 is 8.18. The van der Waals surface area contributed by atoms with Crippen LogP contribution in [0.15, 0.2) is 12.5 Å². The zero-order chi connectivity index (χ0) is 13.1. The molecule has 3 unspecified atom stereocenters. The van der Waals surface area contributed by atoms with E-state index in [4.69, 9.17) is 4.74 Å². The number of imidazole rings is 1. The molecule has 1 aromatic heterocycles. The Kier molecular flexibility index (Phi) is 4.18. The van der Waals surface area contributed by atoms with Crippen LogP contribution in [0.2, 0.25) is 0 Å². The zero-order valence-corrected chi connectivity index (χ0v) is 11.8. The maximum atomic E-state index is 5.86. The SMILES string of the molecule is CC1CCCCC1Cn1cncc1C1CNCCO1. The summed E-state index contributed by atoms with van der Waals surface area (Å²) in [6.07, 6.45) is 9.68. The fourth-order valence-electron chi connectivity index (χ4n) is 3.42. The van der Waals surface area contributed by atoms with E-state index in [9.17, 15) is 0 Å². The molecule has 4 heteroatoms. The van der Waals surface area contributed by atoms with E-state index in [1.807, 2.05) is 12.5 Å². The molecule has 1 aliphatic heterocycles. The van der Waals surface area contributed by atoms with Gasteiger partial charge in [0.15, 0.2) is 0 Å². The Hall–Kier alpha value is -0.870. The lowest BCUT2D eigenvalue weighted by molar-refractivity contribution is 0.0219. The van der Waals surface area contributed by atoms with E-state index in [2.05, 4.69) is 21.8 Å². The highest BCUT2D eigenvalue weighted by atomic mass is 16.5. The molecule has 3 rings (SSSR count). The average molecular weight is 263 g/mol. The smallest absolute Gasteiger partial charge is 0.111 e. The van der Waals surface area contributed by atoms with Gasteiger partial charge in [0.2, 0.25) is 0 Å². The Morgan fingerprint density at radius 1 is 1.42 bits per heavy atom. The molecule has 19 heavy (non-hydrogen) atoms. The van der Waals surface area contributed by atoms with Crippen molar-refractivity contribution in [1.82, 2.24) is 14.9 Å². The van der Waals surface area contributed by atoms with Crippen LogP contribution in [0.3, 0.4) is 0 Å². The third-order valence-corrected chi connectivity index (χ3v) is 4.72. The Balaban J connectivity index is 1.68. The molecule has 0 amide bonds. The van der Waals surface area contributed by atoms with E-state index >= 15 is 0 Å². The molecule has 1 aliphatic carbocycles. The van der Waals surface area contributed by atoms with Crippen LogP contribution in [0, 0.1) is 11.8 Å². The van der Waals surface area contributed by atoms with Crippen LogP contribution in [0.4, 0.5) is 0 Å². The third-order valence-electron chi connectivity index (χ3n) is 4.72. The minimum absolute atomic E-state index is 0.176. The normalized spacial score (nSPS) is 32.4. The lowest BCUT2D eigenvalue weighted by Crippen LogP contribution is -2.34. The van der Waals surface area contributed by atoms with Gasteiger partial charge in [-0.05, 0) is 18.3 Å². The summed E-state index contributed by atoms with van der Waals surface area (Å²) in [6.45, 7) is 6.18. The highest BCUT2D eigenvalue weighted by molar-refractivity contribution is 5.05. The monoisotopic (exact) mass is 263 g/mol. The molecule has 4 nitrogen and oxygen atoms in total. The van der Waals surface area contributed by atoms with Crippen molar-refractivity contribution >= 4 is 0 Å². The first kappa shape index (κ1) is 13.1. The first-order valence-electron chi connectivity index (χ1n) is 7.67. The van der Waals surface area contributed by atoms with Crippen molar-refractivity contribution < 1.29 is 4.74 Å². The molecule has 3 atom stereocenters. The van der Waals surface area contributed by atoms with Crippen LogP contribution >= 0.6 is 0 Å². The number of nitrogens with one attached hydrogen (secondary N) is 1. The molecule has 1 saturated carbocycles. The lowest BCUT2D eigenvalue weighted by atomic mass is 9.80. The van der Waals surface area contributed by atoms with E-state index in [0.29, 0.717) is 0 Å². The number of rotatable bonds is 3. The van der Waals surface area contributed by atoms with Gasteiger partial charge in [-0.3, -0.25) is 0 Å². The van der Waals surface area contributed by atoms with Gasteiger partial charge in [0, 0.05) is 19.6 Å². The van der Waals surface area contributed by atoms with Gasteiger partial charge in [0.1, 0.15) is 6.10 Å². The van der Waals surface area contributed by atoms with E-state index in [-0.39, 0.29) is 6.10 Å². The van der Waals surface area contributed by atoms with Gasteiger partial charge >= 0.3 is 0 Å². The number of morpholine rings is 1. The molecule has 2 heterocycles. The molecule has 2 aliphatic rings. The second kappa shape index (κ2) is 6.06. The Morgan fingerprint density at radius 3 is 3.11 bits per heavy atom. The first-order chi connectivity index (χ1) is 9.34. The van der Waals surface area contributed by atoms with Crippen LogP contribution < -0.4 is 5.32 Å². The summed E-state index contributed by atoms with van der Waals surface area (Å²) in [5.41, 5.74) is 1.24. The van der Waals surface area contributed by atoms with E-state index in [1.165, 1.54) is 31.4 Å². The van der Waals surface area contributed by atoms with Crippen molar-refractivity contribution in [2.75, 3.05) is 19.7 Å². The molecule has 0 radical (unpaired) electrons. The fourth-order valence-corrected chi connectivity index (χ4v) is 3.42. The summed E-state index contributed by atoms with van der Waals surface area (Å²) >= 11 is 0.